The van der Waals surface area contributed by atoms with Gasteiger partial charge < -0.3 is 4.52 Å². The number of aromatic nitrogens is 1. The van der Waals surface area contributed by atoms with Gasteiger partial charge in [0.25, 0.3) is 0 Å². The lowest BCUT2D eigenvalue weighted by Gasteiger charge is -2.37. The van der Waals surface area contributed by atoms with Crippen molar-refractivity contribution in [2.75, 3.05) is 6.54 Å². The third-order valence-electron chi connectivity index (χ3n) is 3.96. The smallest absolute Gasteiger partial charge is 0.124 e. The Morgan fingerprint density at radius 1 is 1.33 bits per heavy atom. The van der Waals surface area contributed by atoms with Crippen molar-refractivity contribution in [2.24, 2.45) is 5.92 Å². The molecular weight excluding hydrogens is 188 g/mol. The van der Waals surface area contributed by atoms with E-state index in [0.717, 1.165) is 24.2 Å². The van der Waals surface area contributed by atoms with Gasteiger partial charge in [-0.25, -0.2) is 0 Å². The average Bonchev–Trinajstić information content (AvgIpc) is 2.87. The molecule has 3 heteroatoms. The number of likely N-dealkylation sites (tertiary alicyclic amines) is 1. The Morgan fingerprint density at radius 3 is 3.13 bits per heavy atom. The normalized spacial score (nSPS) is 31.7. The number of nitrogens with zero attached hydrogens (tertiary/aromatic N) is 2. The Morgan fingerprint density at radius 2 is 2.27 bits per heavy atom. The molecule has 0 amide bonds. The highest BCUT2D eigenvalue weighted by Crippen LogP contribution is 2.37. The summed E-state index contributed by atoms with van der Waals surface area (Å²) in [6.45, 7) is 2.23. The van der Waals surface area contributed by atoms with Gasteiger partial charge in [-0.05, 0) is 38.1 Å². The Kier molecular flexibility index (Phi) is 2.49. The van der Waals surface area contributed by atoms with Crippen molar-refractivity contribution in [3.8, 4) is 0 Å². The van der Waals surface area contributed by atoms with Gasteiger partial charge in [0.2, 0.25) is 0 Å². The Hall–Kier alpha value is -0.830. The lowest BCUT2D eigenvalue weighted by atomic mass is 9.92. The minimum absolute atomic E-state index is 0.829. The van der Waals surface area contributed by atoms with E-state index in [1.165, 1.54) is 38.6 Å². The van der Waals surface area contributed by atoms with Gasteiger partial charge in [-0.2, -0.15) is 0 Å². The van der Waals surface area contributed by atoms with Gasteiger partial charge in [-0.15, -0.1) is 0 Å². The van der Waals surface area contributed by atoms with Crippen LogP contribution in [0.4, 0.5) is 0 Å². The van der Waals surface area contributed by atoms with Crippen LogP contribution in [0, 0.1) is 5.92 Å². The summed E-state index contributed by atoms with van der Waals surface area (Å²) in [5, 5.41) is 4.01. The van der Waals surface area contributed by atoms with Crippen molar-refractivity contribution in [1.82, 2.24) is 10.1 Å². The number of hydrogen-bond acceptors (Lipinski definition) is 3. The van der Waals surface area contributed by atoms with Crippen LogP contribution in [-0.2, 0) is 6.54 Å². The maximum atomic E-state index is 4.89. The van der Waals surface area contributed by atoms with Crippen molar-refractivity contribution in [1.29, 1.82) is 0 Å². The molecule has 15 heavy (non-hydrogen) atoms. The molecule has 1 aliphatic heterocycles. The second-order valence-corrected chi connectivity index (χ2v) is 4.86. The maximum absolute atomic E-state index is 4.89. The fourth-order valence-electron chi connectivity index (χ4n) is 3.28. The summed E-state index contributed by atoms with van der Waals surface area (Å²) in [5.74, 6) is 0.964. The van der Waals surface area contributed by atoms with Crippen LogP contribution in [0.25, 0.3) is 0 Å². The summed E-state index contributed by atoms with van der Waals surface area (Å²) in [6, 6.07) is 2.81. The van der Waals surface area contributed by atoms with Gasteiger partial charge >= 0.3 is 0 Å². The fraction of sp³-hybridized carbons (Fsp3) is 0.750. The van der Waals surface area contributed by atoms with Gasteiger partial charge in [0.15, 0.2) is 0 Å². The third kappa shape index (κ3) is 1.81. The summed E-state index contributed by atoms with van der Waals surface area (Å²) in [5.41, 5.74) is 1.09. The van der Waals surface area contributed by atoms with E-state index in [0.29, 0.717) is 0 Å². The predicted molar refractivity (Wildman–Crippen MR) is 57.3 cm³/mol. The average molecular weight is 206 g/mol. The van der Waals surface area contributed by atoms with E-state index in [2.05, 4.69) is 10.1 Å². The zero-order valence-corrected chi connectivity index (χ0v) is 9.06. The van der Waals surface area contributed by atoms with Gasteiger partial charge in [0.05, 0.1) is 5.69 Å². The largest absolute Gasteiger partial charge is 0.364 e. The second-order valence-electron chi connectivity index (χ2n) is 4.86. The molecule has 2 heterocycles. The first-order valence-electron chi connectivity index (χ1n) is 6.07. The minimum atomic E-state index is 0.829. The van der Waals surface area contributed by atoms with Crippen LogP contribution in [0.15, 0.2) is 16.9 Å². The molecular formula is C12H18N2O. The van der Waals surface area contributed by atoms with Crippen LogP contribution >= 0.6 is 0 Å². The van der Waals surface area contributed by atoms with E-state index in [9.17, 15) is 0 Å². The van der Waals surface area contributed by atoms with Gasteiger partial charge in [-0.3, -0.25) is 4.90 Å². The summed E-state index contributed by atoms with van der Waals surface area (Å²) >= 11 is 0. The van der Waals surface area contributed by atoms with Gasteiger partial charge in [0.1, 0.15) is 6.26 Å². The Labute approximate surface area is 90.4 Å². The van der Waals surface area contributed by atoms with Crippen LogP contribution < -0.4 is 0 Å². The molecule has 3 nitrogen and oxygen atoms in total. The molecule has 2 atom stereocenters. The predicted octanol–water partition coefficient (Wildman–Crippen LogP) is 2.44. The number of rotatable bonds is 2. The molecule has 1 saturated heterocycles. The zero-order valence-electron chi connectivity index (χ0n) is 9.06. The van der Waals surface area contributed by atoms with Crippen molar-refractivity contribution in [3.05, 3.63) is 18.0 Å². The first-order chi connectivity index (χ1) is 7.43. The highest BCUT2D eigenvalue weighted by Gasteiger charge is 2.34. The number of hydrogen-bond donors (Lipinski definition) is 0. The second kappa shape index (κ2) is 3.97. The molecule has 0 radical (unpaired) electrons. The molecule has 2 unspecified atom stereocenters. The lowest BCUT2D eigenvalue weighted by Crippen LogP contribution is -2.41. The highest BCUT2D eigenvalue weighted by molar-refractivity contribution is 4.98. The zero-order chi connectivity index (χ0) is 10.1. The van der Waals surface area contributed by atoms with E-state index in [4.69, 9.17) is 4.52 Å². The van der Waals surface area contributed by atoms with Crippen LogP contribution in [-0.4, -0.2) is 22.6 Å². The van der Waals surface area contributed by atoms with Crippen molar-refractivity contribution in [3.63, 3.8) is 0 Å². The van der Waals surface area contributed by atoms with E-state index < -0.39 is 0 Å². The topological polar surface area (TPSA) is 29.3 Å². The van der Waals surface area contributed by atoms with Crippen molar-refractivity contribution < 1.29 is 4.52 Å². The maximum Gasteiger partial charge on any atom is 0.124 e. The molecule has 1 aromatic rings. The first-order valence-corrected chi connectivity index (χ1v) is 6.07. The Bertz CT molecular complexity index is 309. The molecule has 0 bridgehead atoms. The van der Waals surface area contributed by atoms with E-state index in [1.54, 1.807) is 6.26 Å². The third-order valence-corrected chi connectivity index (χ3v) is 3.96. The van der Waals surface area contributed by atoms with Crippen LogP contribution in [0.2, 0.25) is 0 Å². The number of piperidine rings is 1. The molecule has 0 N–H and O–H groups in total. The molecule has 82 valence electrons. The summed E-state index contributed by atoms with van der Waals surface area (Å²) < 4.78 is 4.89. The quantitative estimate of drug-likeness (QED) is 0.744. The Balaban J connectivity index is 1.69. The van der Waals surface area contributed by atoms with E-state index >= 15 is 0 Å². The molecule has 0 spiro atoms. The van der Waals surface area contributed by atoms with Crippen LogP contribution in [0.5, 0.6) is 0 Å². The van der Waals surface area contributed by atoms with Crippen LogP contribution in [0.1, 0.15) is 37.8 Å². The van der Waals surface area contributed by atoms with E-state index in [1.807, 2.05) is 6.07 Å². The monoisotopic (exact) mass is 206 g/mol. The molecule has 2 fully saturated rings. The summed E-state index contributed by atoms with van der Waals surface area (Å²) in [6.07, 6.45) is 8.73. The first kappa shape index (κ1) is 9.40. The minimum Gasteiger partial charge on any atom is -0.364 e. The summed E-state index contributed by atoms with van der Waals surface area (Å²) in [7, 11) is 0. The molecule has 1 aliphatic carbocycles. The molecule has 1 saturated carbocycles. The van der Waals surface area contributed by atoms with Gasteiger partial charge in [0, 0.05) is 18.7 Å². The van der Waals surface area contributed by atoms with Crippen molar-refractivity contribution in [2.45, 2.75) is 44.7 Å². The molecule has 3 rings (SSSR count). The lowest BCUT2D eigenvalue weighted by molar-refractivity contribution is 0.103. The van der Waals surface area contributed by atoms with E-state index in [-0.39, 0.29) is 0 Å². The van der Waals surface area contributed by atoms with Gasteiger partial charge in [-0.1, -0.05) is 11.6 Å². The SMILES string of the molecule is c1cc(CN2CCCC3CCCC32)no1. The molecule has 0 aromatic carbocycles. The fourth-order valence-corrected chi connectivity index (χ4v) is 3.28. The molecule has 2 aliphatic rings. The molecule has 1 aromatic heterocycles. The van der Waals surface area contributed by atoms with Crippen molar-refractivity contribution >= 4 is 0 Å². The highest BCUT2D eigenvalue weighted by atomic mass is 16.5. The standard InChI is InChI=1S/C12H18N2O/c1-3-10-4-2-7-14(12(10)5-1)9-11-6-8-15-13-11/h6,8,10,12H,1-5,7,9H2. The summed E-state index contributed by atoms with van der Waals surface area (Å²) in [4.78, 5) is 2.61. The van der Waals surface area contributed by atoms with Crippen LogP contribution in [0.3, 0.4) is 0 Å². The number of fused-ring (bicyclic) bond motifs is 1.